The van der Waals surface area contributed by atoms with Crippen molar-refractivity contribution in [1.29, 1.82) is 0 Å². The lowest BCUT2D eigenvalue weighted by atomic mass is 10.3. The lowest BCUT2D eigenvalue weighted by Gasteiger charge is -2.10. The van der Waals surface area contributed by atoms with Crippen LogP contribution in [0.2, 0.25) is 0 Å². The van der Waals surface area contributed by atoms with Crippen LogP contribution in [-0.2, 0) is 4.79 Å². The third-order valence-corrected chi connectivity index (χ3v) is 2.86. The van der Waals surface area contributed by atoms with Crippen molar-refractivity contribution in [3.05, 3.63) is 0 Å². The van der Waals surface area contributed by atoms with Gasteiger partial charge in [0.1, 0.15) is 6.54 Å². The van der Waals surface area contributed by atoms with Crippen molar-refractivity contribution in [3.63, 3.8) is 0 Å². The van der Waals surface area contributed by atoms with Crippen molar-refractivity contribution < 1.29 is 4.79 Å². The summed E-state index contributed by atoms with van der Waals surface area (Å²) in [6.45, 7) is 6.42. The molecule has 114 valence electrons. The Morgan fingerprint density at radius 2 is 1.79 bits per heavy atom. The van der Waals surface area contributed by atoms with E-state index in [1.54, 1.807) is 0 Å². The van der Waals surface area contributed by atoms with Gasteiger partial charge in [-0.3, -0.25) is 4.79 Å². The number of likely N-dealkylation sites (N-methyl/N-ethyl adjacent to an activating group) is 1. The second kappa shape index (κ2) is 15.9. The van der Waals surface area contributed by atoms with Crippen LogP contribution < -0.4 is 16.0 Å². The molecule has 0 saturated carbocycles. The summed E-state index contributed by atoms with van der Waals surface area (Å²) in [5, 5.41) is 9.07. The Morgan fingerprint density at radius 3 is 2.37 bits per heavy atom. The van der Waals surface area contributed by atoms with Crippen molar-refractivity contribution in [1.82, 2.24) is 16.0 Å². The molecule has 0 spiro atoms. The van der Waals surface area contributed by atoms with Gasteiger partial charge in [-0.1, -0.05) is 0 Å². The zero-order chi connectivity index (χ0) is 13.6. The first kappa shape index (κ1) is 21.1. The Labute approximate surface area is 138 Å². The Balaban J connectivity index is 0. The van der Waals surface area contributed by atoms with Crippen LogP contribution in [0.5, 0.6) is 0 Å². The first-order valence-corrected chi connectivity index (χ1v) is 7.91. The largest absolute Gasteiger partial charge is 0.357 e. The monoisotopic (exact) mass is 402 g/mol. The topological polar surface area (TPSA) is 65.5 Å². The molecule has 1 amide bonds. The van der Waals surface area contributed by atoms with Gasteiger partial charge in [0, 0.05) is 19.6 Å². The van der Waals surface area contributed by atoms with Crippen molar-refractivity contribution in [3.8, 4) is 0 Å². The van der Waals surface area contributed by atoms with Crippen LogP contribution in [-0.4, -0.2) is 50.1 Å². The zero-order valence-corrected chi connectivity index (χ0v) is 15.3. The number of nitrogens with one attached hydrogen (secondary N) is 3. The number of nitrogens with zero attached hydrogens (tertiary/aromatic N) is 1. The van der Waals surface area contributed by atoms with Crippen LogP contribution in [0, 0.1) is 0 Å². The highest BCUT2D eigenvalue weighted by Crippen LogP contribution is 1.97. The lowest BCUT2D eigenvalue weighted by Crippen LogP contribution is -2.39. The van der Waals surface area contributed by atoms with Crippen LogP contribution in [0.1, 0.15) is 26.7 Å². The van der Waals surface area contributed by atoms with Gasteiger partial charge >= 0.3 is 0 Å². The van der Waals surface area contributed by atoms with Gasteiger partial charge in [0.15, 0.2) is 5.96 Å². The van der Waals surface area contributed by atoms with E-state index in [-0.39, 0.29) is 36.4 Å². The smallest absolute Gasteiger partial charge is 0.241 e. The molecule has 0 aromatic carbocycles. The number of thioether (sulfide) groups is 1. The number of halogens is 1. The summed E-state index contributed by atoms with van der Waals surface area (Å²) in [5.74, 6) is 1.86. The molecule has 0 aromatic heterocycles. The van der Waals surface area contributed by atoms with Crippen LogP contribution in [0.3, 0.4) is 0 Å². The highest BCUT2D eigenvalue weighted by molar-refractivity contribution is 14.0. The highest BCUT2D eigenvalue weighted by atomic mass is 127. The first-order chi connectivity index (χ1) is 8.74. The summed E-state index contributed by atoms with van der Waals surface area (Å²) in [7, 11) is 0. The van der Waals surface area contributed by atoms with E-state index in [0.717, 1.165) is 19.5 Å². The molecule has 0 unspecified atom stereocenters. The van der Waals surface area contributed by atoms with Crippen molar-refractivity contribution in [2.45, 2.75) is 26.7 Å². The molecule has 0 aliphatic rings. The second-order valence-electron chi connectivity index (χ2n) is 3.78. The maximum absolute atomic E-state index is 11.3. The third-order valence-electron chi connectivity index (χ3n) is 2.17. The fourth-order valence-electron chi connectivity index (χ4n) is 1.32. The maximum Gasteiger partial charge on any atom is 0.241 e. The summed E-state index contributed by atoms with van der Waals surface area (Å²) in [5.41, 5.74) is 0. The van der Waals surface area contributed by atoms with Crippen LogP contribution in [0.25, 0.3) is 0 Å². The van der Waals surface area contributed by atoms with Gasteiger partial charge in [-0.25, -0.2) is 4.99 Å². The fraction of sp³-hybridized carbons (Fsp3) is 0.833. The third kappa shape index (κ3) is 14.0. The molecular formula is C12H27IN4OS. The molecule has 0 bridgehead atoms. The molecule has 0 fully saturated rings. The highest BCUT2D eigenvalue weighted by Gasteiger charge is 2.00. The van der Waals surface area contributed by atoms with Gasteiger partial charge in [-0.15, -0.1) is 24.0 Å². The van der Waals surface area contributed by atoms with Gasteiger partial charge < -0.3 is 16.0 Å². The Morgan fingerprint density at radius 1 is 1.11 bits per heavy atom. The Bertz CT molecular complexity index is 252. The fourth-order valence-corrected chi connectivity index (χ4v) is 1.82. The molecule has 7 heteroatoms. The van der Waals surface area contributed by atoms with Gasteiger partial charge in [0.25, 0.3) is 0 Å². The van der Waals surface area contributed by atoms with Crippen LogP contribution >= 0.6 is 35.7 Å². The number of carbonyl (C=O) groups excluding carboxylic acids is 1. The van der Waals surface area contributed by atoms with Crippen molar-refractivity contribution in [2.24, 2.45) is 4.99 Å². The second-order valence-corrected chi connectivity index (χ2v) is 4.76. The van der Waals surface area contributed by atoms with E-state index in [9.17, 15) is 4.79 Å². The molecule has 0 aliphatic carbocycles. The van der Waals surface area contributed by atoms with Gasteiger partial charge in [0.2, 0.25) is 5.91 Å². The minimum absolute atomic E-state index is 0. The standard InChI is InChI=1S/C12H26N4OS.HI/c1-4-13-11(17)10-16-12(14-5-2)15-8-6-7-9-18-3;/h4-10H2,1-3H3,(H,13,17)(H2,14,15,16);1H. The van der Waals surface area contributed by atoms with E-state index >= 15 is 0 Å². The number of aliphatic imine (C=N–C) groups is 1. The number of rotatable bonds is 9. The molecule has 0 aromatic rings. The van der Waals surface area contributed by atoms with E-state index in [1.165, 1.54) is 12.2 Å². The molecule has 0 radical (unpaired) electrons. The van der Waals surface area contributed by atoms with E-state index < -0.39 is 0 Å². The first-order valence-electron chi connectivity index (χ1n) is 6.52. The summed E-state index contributed by atoms with van der Waals surface area (Å²) in [6, 6.07) is 0. The SMILES string of the molecule is CCNC(=O)CN=C(NCC)NCCCCSC.I. The number of amides is 1. The number of hydrogen-bond donors (Lipinski definition) is 3. The van der Waals surface area contributed by atoms with E-state index in [1.807, 2.05) is 25.6 Å². The minimum Gasteiger partial charge on any atom is -0.357 e. The number of unbranched alkanes of at least 4 members (excludes halogenated alkanes) is 1. The predicted molar refractivity (Wildman–Crippen MR) is 95.7 cm³/mol. The Kier molecular flexibility index (Phi) is 17.7. The molecule has 0 rings (SSSR count). The normalized spacial score (nSPS) is 10.6. The quantitative estimate of drug-likeness (QED) is 0.236. The van der Waals surface area contributed by atoms with E-state index in [2.05, 4.69) is 27.2 Å². The molecule has 0 aliphatic heterocycles. The lowest BCUT2D eigenvalue weighted by molar-refractivity contribution is -0.119. The Hall–Kier alpha value is -0.180. The molecule has 0 atom stereocenters. The van der Waals surface area contributed by atoms with Crippen molar-refractivity contribution in [2.75, 3.05) is 38.2 Å². The van der Waals surface area contributed by atoms with E-state index in [0.29, 0.717) is 12.5 Å². The summed E-state index contributed by atoms with van der Waals surface area (Å²) in [4.78, 5) is 15.5. The molecule has 0 heterocycles. The summed E-state index contributed by atoms with van der Waals surface area (Å²) in [6.07, 6.45) is 4.43. The van der Waals surface area contributed by atoms with Crippen molar-refractivity contribution >= 4 is 47.6 Å². The van der Waals surface area contributed by atoms with Crippen LogP contribution in [0.4, 0.5) is 0 Å². The maximum atomic E-state index is 11.3. The van der Waals surface area contributed by atoms with E-state index in [4.69, 9.17) is 0 Å². The average molecular weight is 402 g/mol. The molecule has 0 saturated heterocycles. The zero-order valence-electron chi connectivity index (χ0n) is 12.1. The predicted octanol–water partition coefficient (Wildman–Crippen LogP) is 1.44. The molecule has 5 nitrogen and oxygen atoms in total. The minimum atomic E-state index is -0.0444. The molecule has 3 N–H and O–H groups in total. The average Bonchev–Trinajstić information content (AvgIpc) is 2.36. The number of hydrogen-bond acceptors (Lipinski definition) is 3. The van der Waals surface area contributed by atoms with Gasteiger partial charge in [-0.2, -0.15) is 11.8 Å². The number of guanidine groups is 1. The number of carbonyl (C=O) groups is 1. The summed E-state index contributed by atoms with van der Waals surface area (Å²) < 4.78 is 0. The molecular weight excluding hydrogens is 375 g/mol. The summed E-state index contributed by atoms with van der Waals surface area (Å²) >= 11 is 1.86. The molecule has 19 heavy (non-hydrogen) atoms. The van der Waals surface area contributed by atoms with Gasteiger partial charge in [-0.05, 0) is 38.7 Å². The van der Waals surface area contributed by atoms with Gasteiger partial charge in [0.05, 0.1) is 0 Å². The van der Waals surface area contributed by atoms with Crippen LogP contribution in [0.15, 0.2) is 4.99 Å².